The van der Waals surface area contributed by atoms with E-state index in [-0.39, 0.29) is 17.9 Å². The van der Waals surface area contributed by atoms with E-state index in [0.29, 0.717) is 22.9 Å². The lowest BCUT2D eigenvalue weighted by Crippen LogP contribution is -2.40. The van der Waals surface area contributed by atoms with Crippen molar-refractivity contribution in [3.8, 4) is 11.5 Å². The quantitative estimate of drug-likeness (QED) is 0.778. The Labute approximate surface area is 162 Å². The van der Waals surface area contributed by atoms with Crippen LogP contribution in [0.2, 0.25) is 0 Å². The number of para-hydroxylation sites is 1. The predicted octanol–water partition coefficient (Wildman–Crippen LogP) is 3.00. The molecule has 0 bridgehead atoms. The van der Waals surface area contributed by atoms with Gasteiger partial charge in [-0.15, -0.1) is 0 Å². The number of methoxy groups -OCH3 is 1. The van der Waals surface area contributed by atoms with Crippen LogP contribution >= 0.6 is 0 Å². The molecule has 0 fully saturated rings. The van der Waals surface area contributed by atoms with Crippen LogP contribution in [0.5, 0.6) is 11.5 Å². The maximum Gasteiger partial charge on any atom is 0.336 e. The molecule has 28 heavy (non-hydrogen) atoms. The molecular weight excluding hydrogens is 360 g/mol. The van der Waals surface area contributed by atoms with E-state index < -0.39 is 17.8 Å². The number of allylic oxidation sites excluding steroid dienone is 1. The van der Waals surface area contributed by atoms with Gasteiger partial charge in [-0.3, -0.25) is 9.59 Å². The molecule has 1 unspecified atom stereocenters. The molecule has 1 aliphatic heterocycles. The van der Waals surface area contributed by atoms with Gasteiger partial charge in [0.2, 0.25) is 11.8 Å². The summed E-state index contributed by atoms with van der Waals surface area (Å²) in [5, 5.41) is 5.30. The molecule has 7 nitrogen and oxygen atoms in total. The number of ether oxygens (including phenoxy) is 2. The van der Waals surface area contributed by atoms with Gasteiger partial charge in [0.1, 0.15) is 11.5 Å². The van der Waals surface area contributed by atoms with Crippen molar-refractivity contribution < 1.29 is 23.9 Å². The van der Waals surface area contributed by atoms with Crippen molar-refractivity contribution in [3.63, 3.8) is 0 Å². The molecule has 0 saturated carbocycles. The van der Waals surface area contributed by atoms with Crippen LogP contribution in [0.25, 0.3) is 0 Å². The van der Waals surface area contributed by atoms with Gasteiger partial charge in [-0.05, 0) is 43.3 Å². The first kappa shape index (κ1) is 19.2. The largest absolute Gasteiger partial charge is 0.466 e. The van der Waals surface area contributed by atoms with E-state index in [1.54, 1.807) is 31.2 Å². The molecule has 144 valence electrons. The van der Waals surface area contributed by atoms with Crippen molar-refractivity contribution in [2.75, 3.05) is 12.4 Å². The third-order valence-corrected chi connectivity index (χ3v) is 4.29. The number of rotatable bonds is 5. The number of anilines is 1. The number of benzene rings is 2. The van der Waals surface area contributed by atoms with Crippen LogP contribution in [0.4, 0.5) is 5.69 Å². The van der Waals surface area contributed by atoms with Gasteiger partial charge in [0.25, 0.3) is 0 Å². The zero-order chi connectivity index (χ0) is 20.1. The highest BCUT2D eigenvalue weighted by molar-refractivity contribution is 6.06. The SMILES string of the molecule is COC(=O)C1=C(C)NC(=O)CC1C(=O)Nc1ccc(Oc2ccccc2)cc1. The molecule has 1 aliphatic rings. The Balaban J connectivity index is 1.72. The lowest BCUT2D eigenvalue weighted by atomic mass is 9.89. The summed E-state index contributed by atoms with van der Waals surface area (Å²) in [4.78, 5) is 36.6. The van der Waals surface area contributed by atoms with Crippen LogP contribution in [0.15, 0.2) is 65.9 Å². The second-order valence-corrected chi connectivity index (χ2v) is 6.26. The van der Waals surface area contributed by atoms with Gasteiger partial charge in [-0.1, -0.05) is 18.2 Å². The Kier molecular flexibility index (Phi) is 5.74. The zero-order valence-corrected chi connectivity index (χ0v) is 15.5. The third kappa shape index (κ3) is 4.37. The number of carbonyl (C=O) groups excluding carboxylic acids is 3. The Bertz CT molecular complexity index is 920. The van der Waals surface area contributed by atoms with Crippen LogP contribution in [0.3, 0.4) is 0 Å². The van der Waals surface area contributed by atoms with Crippen molar-refractivity contribution in [3.05, 3.63) is 65.9 Å². The monoisotopic (exact) mass is 380 g/mol. The highest BCUT2D eigenvalue weighted by atomic mass is 16.5. The molecule has 1 atom stereocenters. The van der Waals surface area contributed by atoms with Gasteiger partial charge >= 0.3 is 5.97 Å². The van der Waals surface area contributed by atoms with E-state index in [1.165, 1.54) is 7.11 Å². The van der Waals surface area contributed by atoms with E-state index in [0.717, 1.165) is 0 Å². The van der Waals surface area contributed by atoms with Crippen LogP contribution in [0.1, 0.15) is 13.3 Å². The van der Waals surface area contributed by atoms with Gasteiger partial charge in [0.05, 0.1) is 18.6 Å². The average molecular weight is 380 g/mol. The molecule has 1 heterocycles. The minimum absolute atomic E-state index is 0.122. The summed E-state index contributed by atoms with van der Waals surface area (Å²) in [6, 6.07) is 16.1. The second-order valence-electron chi connectivity index (χ2n) is 6.26. The molecule has 0 radical (unpaired) electrons. The average Bonchev–Trinajstić information content (AvgIpc) is 2.69. The third-order valence-electron chi connectivity index (χ3n) is 4.29. The fourth-order valence-electron chi connectivity index (χ4n) is 2.97. The molecule has 0 spiro atoms. The molecule has 7 heteroatoms. The highest BCUT2D eigenvalue weighted by Gasteiger charge is 2.36. The molecule has 2 N–H and O–H groups in total. The number of hydrogen-bond donors (Lipinski definition) is 2. The van der Waals surface area contributed by atoms with Crippen LogP contribution < -0.4 is 15.4 Å². The van der Waals surface area contributed by atoms with Crippen molar-refractivity contribution >= 4 is 23.5 Å². The van der Waals surface area contributed by atoms with Gasteiger partial charge in [0, 0.05) is 17.8 Å². The normalized spacial score (nSPS) is 16.2. The summed E-state index contributed by atoms with van der Waals surface area (Å²) in [6.45, 7) is 1.57. The molecule has 0 saturated heterocycles. The first-order valence-corrected chi connectivity index (χ1v) is 8.70. The van der Waals surface area contributed by atoms with Crippen LogP contribution in [0, 0.1) is 5.92 Å². The number of hydrogen-bond acceptors (Lipinski definition) is 5. The van der Waals surface area contributed by atoms with Gasteiger partial charge < -0.3 is 20.1 Å². The molecule has 0 aliphatic carbocycles. The summed E-state index contributed by atoms with van der Waals surface area (Å²) in [5.41, 5.74) is 1.01. The molecule has 2 amide bonds. The Morgan fingerprint density at radius 2 is 1.68 bits per heavy atom. The zero-order valence-electron chi connectivity index (χ0n) is 15.5. The van der Waals surface area contributed by atoms with Gasteiger partial charge in [-0.2, -0.15) is 0 Å². The highest BCUT2D eigenvalue weighted by Crippen LogP contribution is 2.27. The minimum atomic E-state index is -0.915. The van der Waals surface area contributed by atoms with Crippen LogP contribution in [-0.4, -0.2) is 24.9 Å². The lowest BCUT2D eigenvalue weighted by Gasteiger charge is -2.25. The maximum atomic E-state index is 12.7. The molecule has 3 rings (SSSR count). The second kappa shape index (κ2) is 8.39. The van der Waals surface area contributed by atoms with Gasteiger partial charge in [0.15, 0.2) is 0 Å². The van der Waals surface area contributed by atoms with Gasteiger partial charge in [-0.25, -0.2) is 4.79 Å². The fraction of sp³-hybridized carbons (Fsp3) is 0.190. The molecular formula is C21H20N2O5. The molecule has 2 aromatic rings. The van der Waals surface area contributed by atoms with E-state index in [4.69, 9.17) is 9.47 Å². The first-order chi connectivity index (χ1) is 13.5. The predicted molar refractivity (Wildman–Crippen MR) is 103 cm³/mol. The Hall–Kier alpha value is -3.61. The Morgan fingerprint density at radius 3 is 2.32 bits per heavy atom. The number of nitrogens with one attached hydrogen (secondary N) is 2. The van der Waals surface area contributed by atoms with Crippen molar-refractivity contribution in [2.45, 2.75) is 13.3 Å². The van der Waals surface area contributed by atoms with Crippen molar-refractivity contribution in [1.29, 1.82) is 0 Å². The molecule has 0 aromatic heterocycles. The summed E-state index contributed by atoms with van der Waals surface area (Å²) < 4.78 is 10.5. The summed E-state index contributed by atoms with van der Waals surface area (Å²) in [7, 11) is 1.24. The first-order valence-electron chi connectivity index (χ1n) is 8.70. The Morgan fingerprint density at radius 1 is 1.04 bits per heavy atom. The topological polar surface area (TPSA) is 93.7 Å². The number of carbonyl (C=O) groups is 3. The van der Waals surface area contributed by atoms with Crippen molar-refractivity contribution in [1.82, 2.24) is 5.32 Å². The summed E-state index contributed by atoms with van der Waals surface area (Å²) in [6.07, 6.45) is -0.122. The van der Waals surface area contributed by atoms with Crippen LogP contribution in [-0.2, 0) is 19.1 Å². The maximum absolute atomic E-state index is 12.7. The summed E-state index contributed by atoms with van der Waals surface area (Å²) >= 11 is 0. The van der Waals surface area contributed by atoms with E-state index >= 15 is 0 Å². The number of amides is 2. The van der Waals surface area contributed by atoms with Crippen molar-refractivity contribution in [2.24, 2.45) is 5.92 Å². The van der Waals surface area contributed by atoms with E-state index in [1.807, 2.05) is 30.3 Å². The standard InChI is InChI=1S/C21H20N2O5/c1-13-19(21(26)27-2)17(12-18(24)22-13)20(25)23-14-8-10-16(11-9-14)28-15-6-4-3-5-7-15/h3-11,17H,12H2,1-2H3,(H,22,24)(H,23,25). The minimum Gasteiger partial charge on any atom is -0.466 e. The smallest absolute Gasteiger partial charge is 0.336 e. The number of esters is 1. The van der Waals surface area contributed by atoms with E-state index in [9.17, 15) is 14.4 Å². The lowest BCUT2D eigenvalue weighted by molar-refractivity contribution is -0.139. The summed E-state index contributed by atoms with van der Waals surface area (Å²) in [5.74, 6) is -1.00. The fourth-order valence-corrected chi connectivity index (χ4v) is 2.97. The van der Waals surface area contributed by atoms with E-state index in [2.05, 4.69) is 10.6 Å². The molecule has 2 aromatic carbocycles.